The molecule has 0 spiro atoms. The number of alkyl halides is 3. The lowest BCUT2D eigenvalue weighted by atomic mass is 10.6. The topological polar surface area (TPSA) is 43.6 Å². The van der Waals surface area contributed by atoms with Gasteiger partial charge in [-0.1, -0.05) is 6.58 Å². The molecule has 60 valence electrons. The highest BCUT2D eigenvalue weighted by Crippen LogP contribution is 2.26. The number of hydrogen-bond donors (Lipinski definition) is 0. The number of tetrazole rings is 1. The minimum Gasteiger partial charge on any atom is -0.197 e. The normalized spacial score (nSPS) is 11.5. The van der Waals surface area contributed by atoms with Gasteiger partial charge in [0.05, 0.1) is 0 Å². The highest BCUT2D eigenvalue weighted by Gasteiger charge is 2.37. The van der Waals surface area contributed by atoms with Crippen molar-refractivity contribution in [3.8, 4) is 0 Å². The van der Waals surface area contributed by atoms with Crippen LogP contribution < -0.4 is 0 Å². The van der Waals surface area contributed by atoms with Crippen molar-refractivity contribution in [2.24, 2.45) is 0 Å². The SMILES string of the molecule is C=Cn1nnnc1C(F)(F)F. The molecule has 0 atom stereocenters. The Morgan fingerprint density at radius 2 is 2.09 bits per heavy atom. The molecule has 0 aliphatic heterocycles. The second-order valence-electron chi connectivity index (χ2n) is 1.63. The summed E-state index contributed by atoms with van der Waals surface area (Å²) in [5, 5.41) is 8.61. The van der Waals surface area contributed by atoms with E-state index in [0.717, 1.165) is 6.20 Å². The molecular formula is C4H3F3N4. The summed E-state index contributed by atoms with van der Waals surface area (Å²) in [7, 11) is 0. The van der Waals surface area contributed by atoms with Crippen molar-refractivity contribution in [2.75, 3.05) is 0 Å². The number of hydrogen-bond acceptors (Lipinski definition) is 3. The molecule has 0 saturated heterocycles. The minimum atomic E-state index is -4.53. The largest absolute Gasteiger partial charge is 0.453 e. The molecule has 0 radical (unpaired) electrons. The van der Waals surface area contributed by atoms with Gasteiger partial charge in [0.25, 0.3) is 5.82 Å². The van der Waals surface area contributed by atoms with Crippen LogP contribution in [0.4, 0.5) is 13.2 Å². The number of halogens is 3. The van der Waals surface area contributed by atoms with Crippen LogP contribution in [-0.4, -0.2) is 20.2 Å². The summed E-state index contributed by atoms with van der Waals surface area (Å²) in [4.78, 5) is 0. The molecule has 0 N–H and O–H groups in total. The van der Waals surface area contributed by atoms with Crippen molar-refractivity contribution in [1.82, 2.24) is 20.2 Å². The van der Waals surface area contributed by atoms with Crippen molar-refractivity contribution in [3.63, 3.8) is 0 Å². The van der Waals surface area contributed by atoms with E-state index < -0.39 is 12.0 Å². The summed E-state index contributed by atoms with van der Waals surface area (Å²) >= 11 is 0. The molecule has 0 amide bonds. The van der Waals surface area contributed by atoms with E-state index in [9.17, 15) is 13.2 Å². The molecule has 1 aromatic heterocycles. The van der Waals surface area contributed by atoms with Gasteiger partial charge in [0.1, 0.15) is 0 Å². The number of nitrogens with zero attached hydrogens (tertiary/aromatic N) is 4. The highest BCUT2D eigenvalue weighted by molar-refractivity contribution is 5.15. The first-order valence-electron chi connectivity index (χ1n) is 2.53. The molecule has 0 saturated carbocycles. The lowest BCUT2D eigenvalue weighted by molar-refractivity contribution is -0.146. The molecule has 1 aromatic rings. The first kappa shape index (κ1) is 7.70. The summed E-state index contributed by atoms with van der Waals surface area (Å²) in [6.45, 7) is 3.10. The summed E-state index contributed by atoms with van der Waals surface area (Å²) < 4.78 is 36.0. The van der Waals surface area contributed by atoms with Gasteiger partial charge in [-0.05, 0) is 10.4 Å². The predicted molar refractivity (Wildman–Crippen MR) is 29.2 cm³/mol. The molecule has 0 aliphatic carbocycles. The fourth-order valence-electron chi connectivity index (χ4n) is 0.503. The van der Waals surface area contributed by atoms with E-state index in [0.29, 0.717) is 4.68 Å². The Kier molecular flexibility index (Phi) is 1.63. The Morgan fingerprint density at radius 1 is 1.45 bits per heavy atom. The van der Waals surface area contributed by atoms with E-state index in [1.54, 1.807) is 0 Å². The van der Waals surface area contributed by atoms with Crippen molar-refractivity contribution in [2.45, 2.75) is 6.18 Å². The second-order valence-corrected chi connectivity index (χ2v) is 1.63. The van der Waals surface area contributed by atoms with Gasteiger partial charge < -0.3 is 0 Å². The predicted octanol–water partition coefficient (Wildman–Crippen LogP) is 0.792. The third-order valence-corrected chi connectivity index (χ3v) is 0.919. The number of rotatable bonds is 1. The molecule has 0 unspecified atom stereocenters. The van der Waals surface area contributed by atoms with Crippen LogP contribution in [0.15, 0.2) is 6.58 Å². The van der Waals surface area contributed by atoms with Crippen LogP contribution in [0.3, 0.4) is 0 Å². The zero-order chi connectivity index (χ0) is 8.48. The molecular weight excluding hydrogens is 161 g/mol. The highest BCUT2D eigenvalue weighted by atomic mass is 19.4. The van der Waals surface area contributed by atoms with Crippen LogP contribution in [0.2, 0.25) is 0 Å². The maximum Gasteiger partial charge on any atom is 0.453 e. The minimum absolute atomic E-state index is 0.458. The summed E-state index contributed by atoms with van der Waals surface area (Å²) in [6.07, 6.45) is -3.65. The van der Waals surface area contributed by atoms with Crippen LogP contribution in [0, 0.1) is 0 Å². The maximum atomic E-state index is 11.9. The van der Waals surface area contributed by atoms with Crippen molar-refractivity contribution < 1.29 is 13.2 Å². The van der Waals surface area contributed by atoms with Gasteiger partial charge in [0.2, 0.25) is 0 Å². The van der Waals surface area contributed by atoms with Gasteiger partial charge in [-0.15, -0.1) is 5.10 Å². The quantitative estimate of drug-likeness (QED) is 0.616. The van der Waals surface area contributed by atoms with E-state index in [4.69, 9.17) is 0 Å². The molecule has 1 rings (SSSR count). The summed E-state index contributed by atoms with van der Waals surface area (Å²) in [5.41, 5.74) is 0. The van der Waals surface area contributed by atoms with Gasteiger partial charge in [0, 0.05) is 6.20 Å². The van der Waals surface area contributed by atoms with Gasteiger partial charge in [-0.3, -0.25) is 0 Å². The fourth-order valence-corrected chi connectivity index (χ4v) is 0.503. The Morgan fingerprint density at radius 3 is 2.45 bits per heavy atom. The molecule has 0 fully saturated rings. The monoisotopic (exact) mass is 164 g/mol. The summed E-state index contributed by atoms with van der Waals surface area (Å²) in [6, 6.07) is 0. The van der Waals surface area contributed by atoms with Crippen LogP contribution in [-0.2, 0) is 6.18 Å². The third-order valence-electron chi connectivity index (χ3n) is 0.919. The molecule has 11 heavy (non-hydrogen) atoms. The fraction of sp³-hybridized carbons (Fsp3) is 0.250. The lowest BCUT2D eigenvalue weighted by Crippen LogP contribution is -2.12. The molecule has 0 aliphatic rings. The van der Waals surface area contributed by atoms with E-state index in [-0.39, 0.29) is 0 Å². The molecule has 7 heteroatoms. The molecule has 4 nitrogen and oxygen atoms in total. The second kappa shape index (κ2) is 2.33. The Hall–Kier alpha value is -1.40. The Labute approximate surface area is 59.3 Å². The van der Waals surface area contributed by atoms with Crippen molar-refractivity contribution in [3.05, 3.63) is 12.4 Å². The van der Waals surface area contributed by atoms with Crippen LogP contribution in [0.1, 0.15) is 5.82 Å². The first-order chi connectivity index (χ1) is 5.05. The van der Waals surface area contributed by atoms with E-state index in [1.165, 1.54) is 0 Å². The van der Waals surface area contributed by atoms with Crippen molar-refractivity contribution in [1.29, 1.82) is 0 Å². The molecule has 0 aromatic carbocycles. The zero-order valence-corrected chi connectivity index (χ0v) is 5.21. The van der Waals surface area contributed by atoms with Gasteiger partial charge in [-0.25, -0.2) is 0 Å². The average molecular weight is 164 g/mol. The van der Waals surface area contributed by atoms with Crippen LogP contribution in [0.25, 0.3) is 6.20 Å². The van der Waals surface area contributed by atoms with Crippen LogP contribution in [0.5, 0.6) is 0 Å². The van der Waals surface area contributed by atoms with Crippen molar-refractivity contribution >= 4 is 6.20 Å². The van der Waals surface area contributed by atoms with Gasteiger partial charge in [0.15, 0.2) is 0 Å². The third kappa shape index (κ3) is 1.36. The molecule has 1 heterocycles. The van der Waals surface area contributed by atoms with Gasteiger partial charge in [-0.2, -0.15) is 17.9 Å². The van der Waals surface area contributed by atoms with Gasteiger partial charge >= 0.3 is 6.18 Å². The van der Waals surface area contributed by atoms with Crippen LogP contribution >= 0.6 is 0 Å². The average Bonchev–Trinajstić information content (AvgIpc) is 2.31. The summed E-state index contributed by atoms with van der Waals surface area (Å²) in [5.74, 6) is -1.17. The number of aromatic nitrogens is 4. The van der Waals surface area contributed by atoms with E-state index >= 15 is 0 Å². The smallest absolute Gasteiger partial charge is 0.197 e. The standard InChI is InChI=1S/C4H3F3N4/c1-2-11-3(4(5,6)7)8-9-10-11/h2H,1H2. The zero-order valence-electron chi connectivity index (χ0n) is 5.21. The lowest BCUT2D eigenvalue weighted by Gasteiger charge is -2.01. The van der Waals surface area contributed by atoms with E-state index in [2.05, 4.69) is 22.1 Å². The Bertz CT molecular complexity index is 263. The molecule has 0 bridgehead atoms. The first-order valence-corrected chi connectivity index (χ1v) is 2.53. The van der Waals surface area contributed by atoms with E-state index in [1.807, 2.05) is 0 Å². The Balaban J connectivity index is 3.12. The maximum absolute atomic E-state index is 11.9.